The maximum absolute atomic E-state index is 8.91. The van der Waals surface area contributed by atoms with E-state index in [0.29, 0.717) is 0 Å². The number of halogens is 2. The van der Waals surface area contributed by atoms with E-state index >= 15 is 0 Å². The van der Waals surface area contributed by atoms with Crippen LogP contribution in [0.25, 0.3) is 34.4 Å². The Morgan fingerprint density at radius 3 is 1.25 bits per heavy atom. The first-order valence-electron chi connectivity index (χ1n) is 20.0. The maximum atomic E-state index is 8.91. The fourth-order valence-electron chi connectivity index (χ4n) is 9.47. The molecule has 0 saturated heterocycles. The SMILES string of the molecule is CCCCC1=Cc2c(-c3ccccc3C(C)(C)C)cccc2[CH]1[Hf]([Cl])([Cl])([CH]1C(CCCC)=Cc2c(-c3ccccc3C(C)(C)C)cccc21)[SiH](C)C. The third-order valence-electron chi connectivity index (χ3n) is 12.2. The Morgan fingerprint density at radius 1 is 0.538 bits per heavy atom. The molecule has 52 heavy (non-hydrogen) atoms. The quantitative estimate of drug-likeness (QED) is 0.132. The summed E-state index contributed by atoms with van der Waals surface area (Å²) in [6.45, 7) is 23.6. The molecular formula is C48H61Cl2HfSi. The van der Waals surface area contributed by atoms with Gasteiger partial charge in [0, 0.05) is 0 Å². The van der Waals surface area contributed by atoms with E-state index < -0.39 is 21.3 Å². The van der Waals surface area contributed by atoms with Crippen molar-refractivity contribution in [3.63, 3.8) is 0 Å². The Hall–Kier alpha value is -1.97. The Balaban J connectivity index is 1.62. The van der Waals surface area contributed by atoms with Crippen LogP contribution in [-0.2, 0) is 26.1 Å². The molecule has 275 valence electrons. The topological polar surface area (TPSA) is 0 Å². The summed E-state index contributed by atoms with van der Waals surface area (Å²) in [5, 5.41) is 0. The fourth-order valence-corrected chi connectivity index (χ4v) is 54.1. The predicted molar refractivity (Wildman–Crippen MR) is 232 cm³/mol. The molecule has 0 nitrogen and oxygen atoms in total. The number of unbranched alkanes of at least 4 members (excludes halogenated alkanes) is 2. The summed E-state index contributed by atoms with van der Waals surface area (Å²) in [5.74, 6) is -1.67. The number of fused-ring (bicyclic) bond motifs is 2. The van der Waals surface area contributed by atoms with Gasteiger partial charge in [0.1, 0.15) is 0 Å². The second-order valence-electron chi connectivity index (χ2n) is 18.1. The summed E-state index contributed by atoms with van der Waals surface area (Å²) in [5.41, 5.74) is 16.6. The summed E-state index contributed by atoms with van der Waals surface area (Å²) in [4.78, 5) is 0. The molecular weight excluding hydrogens is 854 g/mol. The zero-order valence-electron chi connectivity index (χ0n) is 33.5. The molecule has 0 heterocycles. The molecule has 6 rings (SSSR count). The summed E-state index contributed by atoms with van der Waals surface area (Å²) in [6.07, 6.45) is 11.8. The monoisotopic (exact) mass is 915 g/mol. The van der Waals surface area contributed by atoms with Gasteiger partial charge in [-0.05, 0) is 0 Å². The van der Waals surface area contributed by atoms with E-state index in [2.05, 4.69) is 166 Å². The van der Waals surface area contributed by atoms with Gasteiger partial charge in [-0.15, -0.1) is 0 Å². The first kappa shape index (κ1) is 39.7. The van der Waals surface area contributed by atoms with E-state index in [1.165, 1.54) is 66.8 Å². The van der Waals surface area contributed by atoms with Crippen LogP contribution in [0.15, 0.2) is 96.1 Å². The molecule has 2 aliphatic rings. The summed E-state index contributed by atoms with van der Waals surface area (Å²) in [7, 11) is 17.8. The predicted octanol–water partition coefficient (Wildman–Crippen LogP) is 15.6. The van der Waals surface area contributed by atoms with Gasteiger partial charge in [-0.2, -0.15) is 0 Å². The van der Waals surface area contributed by atoms with E-state index in [0.717, 1.165) is 38.5 Å². The van der Waals surface area contributed by atoms with Crippen LogP contribution in [-0.4, -0.2) is 5.98 Å². The molecule has 0 fully saturated rings. The van der Waals surface area contributed by atoms with Gasteiger partial charge >= 0.3 is 327 Å². The van der Waals surface area contributed by atoms with Gasteiger partial charge in [-0.25, -0.2) is 0 Å². The molecule has 0 radical (unpaired) electrons. The summed E-state index contributed by atoms with van der Waals surface area (Å²) < 4.78 is 0.226. The number of rotatable bonds is 11. The average Bonchev–Trinajstić information content (AvgIpc) is 3.68. The second kappa shape index (κ2) is 14.9. The molecule has 0 aromatic heterocycles. The molecule has 4 aromatic carbocycles. The van der Waals surface area contributed by atoms with Gasteiger partial charge in [0.05, 0.1) is 0 Å². The van der Waals surface area contributed by atoms with Crippen molar-refractivity contribution in [1.29, 1.82) is 0 Å². The van der Waals surface area contributed by atoms with E-state index in [1.54, 1.807) is 0 Å². The van der Waals surface area contributed by atoms with Crippen LogP contribution in [0, 0.1) is 0 Å². The summed E-state index contributed by atoms with van der Waals surface area (Å²) >= 11 is -5.10. The van der Waals surface area contributed by atoms with Crippen molar-refractivity contribution in [3.8, 4) is 22.3 Å². The van der Waals surface area contributed by atoms with E-state index in [-0.39, 0.29) is 18.2 Å². The molecule has 0 N–H and O–H groups in total. The standard InChI is InChI=1S/2C23H27.C2H7Si.2ClH.Hf/c2*1-5-6-10-17-15-18-11-9-13-19(21(18)16-17)20-12-7-8-14-22(20)23(2,3)4;1-3-2;;;/h2*7-9,11-16H,5-6,10H2,1-4H3;3H,1-2H3;2*1H;/q;;;;;+2/p-2. The van der Waals surface area contributed by atoms with Gasteiger partial charge in [-0.1, -0.05) is 0 Å². The van der Waals surface area contributed by atoms with E-state index in [9.17, 15) is 0 Å². The Morgan fingerprint density at radius 2 is 0.904 bits per heavy atom. The van der Waals surface area contributed by atoms with Gasteiger partial charge in [0.15, 0.2) is 0 Å². The molecule has 0 bridgehead atoms. The zero-order chi connectivity index (χ0) is 37.7. The Kier molecular flexibility index (Phi) is 11.4. The van der Waals surface area contributed by atoms with Crippen LogP contribution >= 0.6 is 17.2 Å². The van der Waals surface area contributed by atoms with Crippen LogP contribution in [0.3, 0.4) is 0 Å². The number of hydrogen-bond acceptors (Lipinski definition) is 0. The third kappa shape index (κ3) is 6.90. The average molecular weight is 915 g/mol. The van der Waals surface area contributed by atoms with E-state index in [1.807, 2.05) is 0 Å². The van der Waals surface area contributed by atoms with Crippen LogP contribution in [0.2, 0.25) is 13.1 Å². The molecule has 4 heteroatoms. The Labute approximate surface area is 325 Å². The van der Waals surface area contributed by atoms with Gasteiger partial charge in [0.25, 0.3) is 0 Å². The van der Waals surface area contributed by atoms with Crippen molar-refractivity contribution in [1.82, 2.24) is 0 Å². The number of hydrogen-bond donors (Lipinski definition) is 0. The fraction of sp³-hybridized carbons (Fsp3) is 0.417. The van der Waals surface area contributed by atoms with Crippen molar-refractivity contribution in [2.75, 3.05) is 0 Å². The minimum absolute atomic E-state index is 0.0244. The van der Waals surface area contributed by atoms with Crippen molar-refractivity contribution in [3.05, 3.63) is 129 Å². The molecule has 0 aliphatic heterocycles. The normalized spacial score (nSPS) is 18.1. The van der Waals surface area contributed by atoms with Crippen LogP contribution in [0.1, 0.15) is 135 Å². The molecule has 0 saturated carbocycles. The van der Waals surface area contributed by atoms with Crippen LogP contribution in [0.5, 0.6) is 0 Å². The molecule has 2 atom stereocenters. The Bertz CT molecular complexity index is 1880. The molecule has 0 amide bonds. The molecule has 0 spiro atoms. The van der Waals surface area contributed by atoms with E-state index in [4.69, 9.17) is 17.2 Å². The van der Waals surface area contributed by atoms with Crippen LogP contribution < -0.4 is 0 Å². The van der Waals surface area contributed by atoms with Crippen molar-refractivity contribution in [2.45, 2.75) is 125 Å². The van der Waals surface area contributed by atoms with Gasteiger partial charge in [0.2, 0.25) is 0 Å². The minimum atomic E-state index is -5.10. The van der Waals surface area contributed by atoms with Gasteiger partial charge in [-0.3, -0.25) is 0 Å². The van der Waals surface area contributed by atoms with Crippen LogP contribution in [0.4, 0.5) is 0 Å². The van der Waals surface area contributed by atoms with Crippen molar-refractivity contribution in [2.24, 2.45) is 0 Å². The number of allylic oxidation sites excluding steroid dienone is 2. The number of benzene rings is 4. The van der Waals surface area contributed by atoms with Crippen molar-refractivity contribution >= 4 is 35.3 Å². The second-order valence-corrected chi connectivity index (χ2v) is 77.4. The van der Waals surface area contributed by atoms with Crippen molar-refractivity contribution < 1.29 is 15.3 Å². The van der Waals surface area contributed by atoms with Gasteiger partial charge < -0.3 is 0 Å². The third-order valence-corrected chi connectivity index (χ3v) is 85.0. The molecule has 2 unspecified atom stereocenters. The zero-order valence-corrected chi connectivity index (χ0v) is 39.7. The first-order chi connectivity index (χ1) is 24.5. The molecule has 4 aromatic rings. The summed E-state index contributed by atoms with van der Waals surface area (Å²) in [6, 6.07) is 32.1. The first-order valence-corrected chi connectivity index (χ1v) is 42.1. The molecule has 2 aliphatic carbocycles.